The van der Waals surface area contributed by atoms with E-state index in [1.54, 1.807) is 43.3 Å². The van der Waals surface area contributed by atoms with Crippen LogP contribution >= 0.6 is 0 Å². The molecule has 0 bridgehead atoms. The minimum atomic E-state index is -1.34. The number of amides is 1. The third-order valence-corrected chi connectivity index (χ3v) is 4.86. The molecule has 27 heavy (non-hydrogen) atoms. The van der Waals surface area contributed by atoms with Crippen LogP contribution in [0.1, 0.15) is 30.1 Å². The van der Waals surface area contributed by atoms with Gasteiger partial charge in [0.15, 0.2) is 0 Å². The van der Waals surface area contributed by atoms with Crippen molar-refractivity contribution in [3.8, 4) is 0 Å². The van der Waals surface area contributed by atoms with Gasteiger partial charge in [0.25, 0.3) is 5.91 Å². The molecule has 2 N–H and O–H groups in total. The van der Waals surface area contributed by atoms with Crippen molar-refractivity contribution in [2.24, 2.45) is 0 Å². The van der Waals surface area contributed by atoms with Crippen molar-refractivity contribution in [1.82, 2.24) is 4.90 Å². The highest BCUT2D eigenvalue weighted by Crippen LogP contribution is 2.41. The number of nitrogens with zero attached hydrogens (tertiary/aromatic N) is 1. The zero-order chi connectivity index (χ0) is 19.4. The van der Waals surface area contributed by atoms with E-state index in [2.05, 4.69) is 0 Å². The van der Waals surface area contributed by atoms with E-state index in [4.69, 9.17) is 4.74 Å². The Balaban J connectivity index is 2.01. The molecule has 1 amide bonds. The Morgan fingerprint density at radius 3 is 2.30 bits per heavy atom. The Morgan fingerprint density at radius 1 is 1.11 bits per heavy atom. The fraction of sp³-hybridized carbons (Fsp3) is 0.333. The van der Waals surface area contributed by atoms with Crippen LogP contribution in [0.4, 0.5) is 0 Å². The maximum absolute atomic E-state index is 12.7. The Labute approximate surface area is 158 Å². The Kier molecular flexibility index (Phi) is 5.88. The summed E-state index contributed by atoms with van der Waals surface area (Å²) in [5, 5.41) is 21.7. The van der Waals surface area contributed by atoms with Crippen LogP contribution < -0.4 is 0 Å². The lowest BCUT2D eigenvalue weighted by molar-refractivity contribution is -0.150. The molecule has 0 aliphatic carbocycles. The van der Waals surface area contributed by atoms with E-state index in [0.717, 1.165) is 5.56 Å². The SMILES string of the molecule is CCOC(=O)CN1C(=O)[C@@H](O)[C@H](c2ccccc2)[C@@H]1[C@@H](O)c1ccccc1. The first-order valence-corrected chi connectivity index (χ1v) is 8.96. The van der Waals surface area contributed by atoms with Gasteiger partial charge in [0.1, 0.15) is 18.8 Å². The summed E-state index contributed by atoms with van der Waals surface area (Å²) in [7, 11) is 0. The highest BCUT2D eigenvalue weighted by Gasteiger charge is 2.51. The molecular formula is C21H23NO5. The van der Waals surface area contributed by atoms with Gasteiger partial charge in [-0.25, -0.2) is 0 Å². The van der Waals surface area contributed by atoms with E-state index < -0.39 is 36.0 Å². The summed E-state index contributed by atoms with van der Waals surface area (Å²) >= 11 is 0. The summed E-state index contributed by atoms with van der Waals surface area (Å²) in [6.45, 7) is 1.56. The molecule has 2 aromatic rings. The monoisotopic (exact) mass is 369 g/mol. The van der Waals surface area contributed by atoms with Gasteiger partial charge in [-0.3, -0.25) is 9.59 Å². The maximum atomic E-state index is 12.7. The molecule has 0 saturated carbocycles. The van der Waals surface area contributed by atoms with Gasteiger partial charge in [-0.1, -0.05) is 60.7 Å². The number of carbonyl (C=O) groups excluding carboxylic acids is 2. The molecule has 142 valence electrons. The standard InChI is InChI=1S/C21H23NO5/c1-2-27-16(23)13-22-18(19(24)15-11-7-4-8-12-15)17(20(25)21(22)26)14-9-5-3-6-10-14/h3-12,17-20,24-25H,2,13H2,1H3/t17-,18-,19+,20+/m1/s1. The van der Waals surface area contributed by atoms with Crippen molar-refractivity contribution in [2.75, 3.05) is 13.2 Å². The molecular weight excluding hydrogens is 346 g/mol. The Morgan fingerprint density at radius 2 is 1.70 bits per heavy atom. The van der Waals surface area contributed by atoms with Crippen molar-refractivity contribution < 1.29 is 24.5 Å². The normalized spacial score (nSPS) is 23.3. The molecule has 2 aromatic carbocycles. The van der Waals surface area contributed by atoms with Gasteiger partial charge in [0, 0.05) is 5.92 Å². The molecule has 6 nitrogen and oxygen atoms in total. The quantitative estimate of drug-likeness (QED) is 0.756. The third-order valence-electron chi connectivity index (χ3n) is 4.86. The van der Waals surface area contributed by atoms with Crippen molar-refractivity contribution in [3.63, 3.8) is 0 Å². The molecule has 0 unspecified atom stereocenters. The Hall–Kier alpha value is -2.70. The van der Waals surface area contributed by atoms with Gasteiger partial charge < -0.3 is 19.8 Å². The maximum Gasteiger partial charge on any atom is 0.325 e. The van der Waals surface area contributed by atoms with Gasteiger partial charge in [0.05, 0.1) is 12.6 Å². The van der Waals surface area contributed by atoms with Crippen LogP contribution in [0, 0.1) is 0 Å². The number of likely N-dealkylation sites (tertiary alicyclic amines) is 1. The molecule has 0 aromatic heterocycles. The van der Waals surface area contributed by atoms with Gasteiger partial charge in [-0.05, 0) is 18.1 Å². The summed E-state index contributed by atoms with van der Waals surface area (Å²) in [4.78, 5) is 26.0. The van der Waals surface area contributed by atoms with Crippen molar-refractivity contribution in [1.29, 1.82) is 0 Å². The van der Waals surface area contributed by atoms with Crippen LogP contribution in [0.5, 0.6) is 0 Å². The first-order chi connectivity index (χ1) is 13.0. The topological polar surface area (TPSA) is 87.1 Å². The number of ether oxygens (including phenoxy) is 1. The number of rotatable bonds is 6. The fourth-order valence-corrected chi connectivity index (χ4v) is 3.65. The van der Waals surface area contributed by atoms with E-state index in [-0.39, 0.29) is 13.2 Å². The molecule has 6 heteroatoms. The van der Waals surface area contributed by atoms with Gasteiger partial charge in [0.2, 0.25) is 0 Å². The van der Waals surface area contributed by atoms with Crippen LogP contribution in [0.3, 0.4) is 0 Å². The summed E-state index contributed by atoms with van der Waals surface area (Å²) in [5.41, 5.74) is 1.34. The van der Waals surface area contributed by atoms with Crippen LogP contribution in [0.2, 0.25) is 0 Å². The fourth-order valence-electron chi connectivity index (χ4n) is 3.65. The molecule has 3 rings (SSSR count). The average molecular weight is 369 g/mol. The molecule has 0 radical (unpaired) electrons. The van der Waals surface area contributed by atoms with Crippen LogP contribution in [-0.2, 0) is 14.3 Å². The number of aliphatic hydroxyl groups excluding tert-OH is 2. The van der Waals surface area contributed by atoms with Crippen LogP contribution in [0.15, 0.2) is 60.7 Å². The average Bonchev–Trinajstić information content (AvgIpc) is 2.94. The predicted molar refractivity (Wildman–Crippen MR) is 98.7 cm³/mol. The lowest BCUT2D eigenvalue weighted by Gasteiger charge is -2.32. The van der Waals surface area contributed by atoms with Crippen LogP contribution in [0.25, 0.3) is 0 Å². The van der Waals surface area contributed by atoms with Crippen LogP contribution in [-0.4, -0.2) is 52.3 Å². The number of carbonyl (C=O) groups is 2. The summed E-state index contributed by atoms with van der Waals surface area (Å²) < 4.78 is 4.97. The first kappa shape index (κ1) is 19.1. The second kappa shape index (κ2) is 8.33. The molecule has 1 heterocycles. The Bertz CT molecular complexity index is 780. The van der Waals surface area contributed by atoms with E-state index in [9.17, 15) is 19.8 Å². The minimum Gasteiger partial charge on any atom is -0.465 e. The van der Waals surface area contributed by atoms with Crippen molar-refractivity contribution >= 4 is 11.9 Å². The summed E-state index contributed by atoms with van der Waals surface area (Å²) in [6.07, 6.45) is -2.41. The highest BCUT2D eigenvalue weighted by molar-refractivity contribution is 5.89. The molecule has 1 aliphatic heterocycles. The van der Waals surface area contributed by atoms with Gasteiger partial charge >= 0.3 is 5.97 Å². The third kappa shape index (κ3) is 3.86. The van der Waals surface area contributed by atoms with E-state index >= 15 is 0 Å². The number of hydrogen-bond acceptors (Lipinski definition) is 5. The molecule has 0 spiro atoms. The zero-order valence-corrected chi connectivity index (χ0v) is 15.1. The number of hydrogen-bond donors (Lipinski definition) is 2. The second-order valence-corrected chi connectivity index (χ2v) is 6.50. The minimum absolute atomic E-state index is 0.192. The number of benzene rings is 2. The van der Waals surface area contributed by atoms with Crippen molar-refractivity contribution in [2.45, 2.75) is 31.1 Å². The predicted octanol–water partition coefficient (Wildman–Crippen LogP) is 1.64. The lowest BCUT2D eigenvalue weighted by atomic mass is 9.85. The summed E-state index contributed by atoms with van der Waals surface area (Å²) in [6, 6.07) is 17.2. The van der Waals surface area contributed by atoms with Crippen molar-refractivity contribution in [3.05, 3.63) is 71.8 Å². The second-order valence-electron chi connectivity index (χ2n) is 6.50. The molecule has 4 atom stereocenters. The zero-order valence-electron chi connectivity index (χ0n) is 15.1. The van der Waals surface area contributed by atoms with E-state index in [0.29, 0.717) is 5.56 Å². The van der Waals surface area contributed by atoms with Gasteiger partial charge in [-0.15, -0.1) is 0 Å². The highest BCUT2D eigenvalue weighted by atomic mass is 16.5. The molecule has 1 saturated heterocycles. The largest absolute Gasteiger partial charge is 0.465 e. The molecule has 1 aliphatic rings. The molecule has 1 fully saturated rings. The number of esters is 1. The smallest absolute Gasteiger partial charge is 0.325 e. The summed E-state index contributed by atoms with van der Waals surface area (Å²) in [5.74, 6) is -1.82. The van der Waals surface area contributed by atoms with E-state index in [1.807, 2.05) is 24.3 Å². The van der Waals surface area contributed by atoms with E-state index in [1.165, 1.54) is 4.90 Å². The lowest BCUT2D eigenvalue weighted by Crippen LogP contribution is -2.43. The van der Waals surface area contributed by atoms with Gasteiger partial charge in [-0.2, -0.15) is 0 Å². The number of aliphatic hydroxyl groups is 2. The first-order valence-electron chi connectivity index (χ1n) is 8.96.